The highest BCUT2D eigenvalue weighted by atomic mass is 35.5. The number of aromatic nitrogens is 4. The van der Waals surface area contributed by atoms with Crippen LogP contribution in [0.15, 0.2) is 36.5 Å². The van der Waals surface area contributed by atoms with Gasteiger partial charge in [0.15, 0.2) is 5.69 Å². The van der Waals surface area contributed by atoms with E-state index in [2.05, 4.69) is 20.6 Å². The molecule has 29 heavy (non-hydrogen) atoms. The summed E-state index contributed by atoms with van der Waals surface area (Å²) in [5.74, 6) is 0.151. The molecule has 1 saturated carbocycles. The Morgan fingerprint density at radius 3 is 2.76 bits per heavy atom. The number of fused-ring (bicyclic) bond motifs is 1. The van der Waals surface area contributed by atoms with Crippen LogP contribution in [0.4, 0.5) is 0 Å². The standard InChI is InChI=1S/C20H24N6O.2ClH/c1-13-18(20(27)23-16-9-3-2-6-15(16)12-21)24-25-26(13)17-10-4-7-14-8-5-11-22-19(14)17;;/h4-5,7-8,10-11,15-16H,2-3,6,9,12,21H2,1H3,(H,23,27);2*1H. The molecule has 0 bridgehead atoms. The van der Waals surface area contributed by atoms with E-state index in [1.165, 1.54) is 6.42 Å². The molecule has 156 valence electrons. The molecule has 0 aliphatic heterocycles. The summed E-state index contributed by atoms with van der Waals surface area (Å²) in [6.45, 7) is 2.45. The van der Waals surface area contributed by atoms with Gasteiger partial charge in [-0.25, -0.2) is 4.68 Å². The molecule has 4 rings (SSSR count). The van der Waals surface area contributed by atoms with E-state index in [0.29, 0.717) is 23.9 Å². The third kappa shape index (κ3) is 4.52. The highest BCUT2D eigenvalue weighted by Gasteiger charge is 2.27. The molecule has 0 spiro atoms. The van der Waals surface area contributed by atoms with Crippen LogP contribution >= 0.6 is 24.8 Å². The molecule has 7 nitrogen and oxygen atoms in total. The van der Waals surface area contributed by atoms with E-state index in [1.54, 1.807) is 10.9 Å². The molecule has 1 aromatic carbocycles. The number of nitrogens with two attached hydrogens (primary N) is 1. The maximum absolute atomic E-state index is 12.8. The molecular weight excluding hydrogens is 411 g/mol. The number of pyridine rings is 1. The summed E-state index contributed by atoms with van der Waals surface area (Å²) in [5, 5.41) is 12.5. The van der Waals surface area contributed by atoms with Crippen molar-refractivity contribution in [2.24, 2.45) is 11.7 Å². The topological polar surface area (TPSA) is 98.7 Å². The van der Waals surface area contributed by atoms with Gasteiger partial charge in [0, 0.05) is 17.6 Å². The molecule has 2 heterocycles. The van der Waals surface area contributed by atoms with Crippen LogP contribution in [-0.4, -0.2) is 38.5 Å². The number of nitrogens with one attached hydrogen (secondary N) is 1. The van der Waals surface area contributed by atoms with Crippen molar-refractivity contribution in [1.82, 2.24) is 25.3 Å². The fraction of sp³-hybridized carbons (Fsp3) is 0.400. The number of hydrogen-bond acceptors (Lipinski definition) is 5. The lowest BCUT2D eigenvalue weighted by Gasteiger charge is -2.31. The molecule has 3 aromatic rings. The Balaban J connectivity index is 0.00000150. The van der Waals surface area contributed by atoms with E-state index in [9.17, 15) is 4.79 Å². The first-order chi connectivity index (χ1) is 13.2. The van der Waals surface area contributed by atoms with Crippen molar-refractivity contribution in [1.29, 1.82) is 0 Å². The number of hydrogen-bond donors (Lipinski definition) is 2. The van der Waals surface area contributed by atoms with Crippen molar-refractivity contribution in [3.63, 3.8) is 0 Å². The van der Waals surface area contributed by atoms with E-state index in [-0.39, 0.29) is 36.8 Å². The number of nitrogens with zero attached hydrogens (tertiary/aromatic N) is 4. The monoisotopic (exact) mass is 436 g/mol. The zero-order chi connectivity index (χ0) is 18.8. The van der Waals surface area contributed by atoms with Crippen LogP contribution < -0.4 is 11.1 Å². The quantitative estimate of drug-likeness (QED) is 0.653. The Morgan fingerprint density at radius 1 is 1.21 bits per heavy atom. The van der Waals surface area contributed by atoms with Gasteiger partial charge in [-0.3, -0.25) is 9.78 Å². The molecular formula is C20H26Cl2N6O. The first-order valence-electron chi connectivity index (χ1n) is 9.46. The molecule has 2 aromatic heterocycles. The predicted molar refractivity (Wildman–Crippen MR) is 118 cm³/mol. The number of rotatable bonds is 4. The number of halogens is 2. The molecule has 0 saturated heterocycles. The van der Waals surface area contributed by atoms with Crippen molar-refractivity contribution < 1.29 is 4.79 Å². The van der Waals surface area contributed by atoms with Gasteiger partial charge in [0.1, 0.15) is 0 Å². The summed E-state index contributed by atoms with van der Waals surface area (Å²) in [5.41, 5.74) is 8.58. The zero-order valence-corrected chi connectivity index (χ0v) is 17.9. The normalized spacial score (nSPS) is 18.6. The second-order valence-electron chi connectivity index (χ2n) is 7.15. The van der Waals surface area contributed by atoms with Crippen LogP contribution in [0.3, 0.4) is 0 Å². The van der Waals surface area contributed by atoms with Crippen LogP contribution in [0.1, 0.15) is 41.9 Å². The zero-order valence-electron chi connectivity index (χ0n) is 16.2. The van der Waals surface area contributed by atoms with Gasteiger partial charge in [0.05, 0.1) is 16.9 Å². The van der Waals surface area contributed by atoms with E-state index < -0.39 is 0 Å². The molecule has 1 aliphatic rings. The second kappa shape index (κ2) is 10.0. The smallest absolute Gasteiger partial charge is 0.273 e. The van der Waals surface area contributed by atoms with Gasteiger partial charge < -0.3 is 11.1 Å². The first kappa shape index (κ1) is 23.1. The van der Waals surface area contributed by atoms with E-state index in [0.717, 1.165) is 35.9 Å². The first-order valence-corrected chi connectivity index (χ1v) is 9.46. The summed E-state index contributed by atoms with van der Waals surface area (Å²) in [6, 6.07) is 9.90. The number of amides is 1. The van der Waals surface area contributed by atoms with Crippen molar-refractivity contribution in [2.45, 2.75) is 38.6 Å². The van der Waals surface area contributed by atoms with Gasteiger partial charge in [-0.1, -0.05) is 36.3 Å². The van der Waals surface area contributed by atoms with Gasteiger partial charge >= 0.3 is 0 Å². The third-order valence-corrected chi connectivity index (χ3v) is 5.48. The van der Waals surface area contributed by atoms with Gasteiger partial charge in [-0.2, -0.15) is 0 Å². The molecule has 1 amide bonds. The number of carbonyl (C=O) groups excluding carboxylic acids is 1. The second-order valence-corrected chi connectivity index (χ2v) is 7.15. The summed E-state index contributed by atoms with van der Waals surface area (Å²) in [4.78, 5) is 17.3. The van der Waals surface area contributed by atoms with Gasteiger partial charge in [-0.05, 0) is 44.4 Å². The predicted octanol–water partition coefficient (Wildman–Crippen LogP) is 3.21. The molecule has 0 radical (unpaired) electrons. The molecule has 2 atom stereocenters. The van der Waals surface area contributed by atoms with Gasteiger partial charge in [0.2, 0.25) is 0 Å². The lowest BCUT2D eigenvalue weighted by molar-refractivity contribution is 0.0902. The van der Waals surface area contributed by atoms with Crippen molar-refractivity contribution in [3.05, 3.63) is 47.9 Å². The van der Waals surface area contributed by atoms with Gasteiger partial charge in [-0.15, -0.1) is 29.9 Å². The Labute approximate surface area is 182 Å². The lowest BCUT2D eigenvalue weighted by Crippen LogP contribution is -2.45. The SMILES string of the molecule is Cc1c(C(=O)NC2CCCCC2CN)nnn1-c1cccc2cccnc12.Cl.Cl. The summed E-state index contributed by atoms with van der Waals surface area (Å²) in [7, 11) is 0. The van der Waals surface area contributed by atoms with E-state index >= 15 is 0 Å². The maximum atomic E-state index is 12.8. The Bertz CT molecular complexity index is 971. The summed E-state index contributed by atoms with van der Waals surface area (Å²) >= 11 is 0. The van der Waals surface area contributed by atoms with Crippen LogP contribution in [0, 0.1) is 12.8 Å². The molecule has 9 heteroatoms. The fourth-order valence-electron chi connectivity index (χ4n) is 3.94. The minimum atomic E-state index is -0.183. The molecule has 3 N–H and O–H groups in total. The average Bonchev–Trinajstić information content (AvgIpc) is 3.09. The lowest BCUT2D eigenvalue weighted by atomic mass is 9.84. The van der Waals surface area contributed by atoms with Crippen molar-refractivity contribution in [3.8, 4) is 5.69 Å². The van der Waals surface area contributed by atoms with Crippen LogP contribution in [0.25, 0.3) is 16.6 Å². The minimum absolute atomic E-state index is 0. The maximum Gasteiger partial charge on any atom is 0.273 e. The van der Waals surface area contributed by atoms with E-state index in [1.807, 2.05) is 37.3 Å². The Kier molecular flexibility index (Phi) is 7.96. The number of carbonyl (C=O) groups is 1. The van der Waals surface area contributed by atoms with E-state index in [4.69, 9.17) is 5.73 Å². The van der Waals surface area contributed by atoms with Crippen LogP contribution in [-0.2, 0) is 0 Å². The minimum Gasteiger partial charge on any atom is -0.348 e. The molecule has 2 unspecified atom stereocenters. The van der Waals surface area contributed by atoms with Crippen molar-refractivity contribution in [2.75, 3.05) is 6.54 Å². The number of benzene rings is 1. The van der Waals surface area contributed by atoms with Crippen molar-refractivity contribution >= 4 is 41.6 Å². The van der Waals surface area contributed by atoms with Gasteiger partial charge in [0.25, 0.3) is 5.91 Å². The summed E-state index contributed by atoms with van der Waals surface area (Å²) < 4.78 is 1.69. The number of para-hydroxylation sites is 1. The molecule has 1 aliphatic carbocycles. The fourth-order valence-corrected chi connectivity index (χ4v) is 3.94. The largest absolute Gasteiger partial charge is 0.348 e. The Morgan fingerprint density at radius 2 is 1.97 bits per heavy atom. The van der Waals surface area contributed by atoms with Crippen LogP contribution in [0.5, 0.6) is 0 Å². The summed E-state index contributed by atoms with van der Waals surface area (Å²) in [6.07, 6.45) is 6.08. The third-order valence-electron chi connectivity index (χ3n) is 5.48. The average molecular weight is 437 g/mol. The van der Waals surface area contributed by atoms with Crippen LogP contribution in [0.2, 0.25) is 0 Å². The highest BCUT2D eigenvalue weighted by Crippen LogP contribution is 2.25. The highest BCUT2D eigenvalue weighted by molar-refractivity contribution is 5.94. The Hall–Kier alpha value is -2.22. The molecule has 1 fully saturated rings.